The number of imide groups is 1. The standard InChI is InChI=1S/C15H17NO3/c1-2-3-4-5-10-13(17)16-14(18)11-8-6-7-9-12(11)15(16)19/h6-10,17H,2-5H2,1H3/b13-10-. The van der Waals surface area contributed by atoms with Crippen LogP contribution in [0.15, 0.2) is 36.2 Å². The summed E-state index contributed by atoms with van der Waals surface area (Å²) in [5.41, 5.74) is 0.696. The number of fused-ring (bicyclic) bond motifs is 1. The number of rotatable bonds is 5. The topological polar surface area (TPSA) is 57.6 Å². The van der Waals surface area contributed by atoms with Crippen molar-refractivity contribution in [2.24, 2.45) is 0 Å². The monoisotopic (exact) mass is 259 g/mol. The number of amides is 2. The van der Waals surface area contributed by atoms with E-state index in [0.717, 1.165) is 24.2 Å². The molecule has 0 saturated heterocycles. The van der Waals surface area contributed by atoms with E-state index >= 15 is 0 Å². The summed E-state index contributed by atoms with van der Waals surface area (Å²) in [5, 5.41) is 9.91. The first-order valence-electron chi connectivity index (χ1n) is 6.53. The fourth-order valence-electron chi connectivity index (χ4n) is 2.11. The molecule has 2 rings (SSSR count). The molecular formula is C15H17NO3. The Morgan fingerprint density at radius 1 is 1.16 bits per heavy atom. The Bertz CT molecular complexity index is 499. The highest BCUT2D eigenvalue weighted by atomic mass is 16.3. The van der Waals surface area contributed by atoms with Gasteiger partial charge in [0.25, 0.3) is 11.8 Å². The van der Waals surface area contributed by atoms with E-state index in [4.69, 9.17) is 0 Å². The van der Waals surface area contributed by atoms with Crippen molar-refractivity contribution in [3.8, 4) is 0 Å². The number of unbranched alkanes of at least 4 members (excludes halogenated alkanes) is 3. The maximum Gasteiger partial charge on any atom is 0.268 e. The van der Waals surface area contributed by atoms with Crippen LogP contribution in [0.4, 0.5) is 0 Å². The lowest BCUT2D eigenvalue weighted by Gasteiger charge is -2.12. The molecule has 1 heterocycles. The van der Waals surface area contributed by atoms with Crippen LogP contribution < -0.4 is 0 Å². The molecule has 0 aromatic heterocycles. The molecular weight excluding hydrogens is 242 g/mol. The van der Waals surface area contributed by atoms with Crippen LogP contribution >= 0.6 is 0 Å². The van der Waals surface area contributed by atoms with Crippen LogP contribution in [-0.2, 0) is 0 Å². The number of benzene rings is 1. The Labute approximate surface area is 112 Å². The number of hydrogen-bond donors (Lipinski definition) is 1. The van der Waals surface area contributed by atoms with E-state index in [1.54, 1.807) is 24.3 Å². The molecule has 0 aliphatic carbocycles. The van der Waals surface area contributed by atoms with E-state index in [0.29, 0.717) is 17.5 Å². The zero-order valence-corrected chi connectivity index (χ0v) is 10.9. The van der Waals surface area contributed by atoms with Gasteiger partial charge in [0.1, 0.15) is 0 Å². The van der Waals surface area contributed by atoms with Crippen LogP contribution in [-0.4, -0.2) is 21.8 Å². The van der Waals surface area contributed by atoms with Crippen molar-refractivity contribution >= 4 is 11.8 Å². The summed E-state index contributed by atoms with van der Waals surface area (Å²) in [6.45, 7) is 2.09. The molecule has 1 aliphatic heterocycles. The number of aliphatic hydroxyl groups is 1. The van der Waals surface area contributed by atoms with Gasteiger partial charge in [0.2, 0.25) is 0 Å². The van der Waals surface area contributed by atoms with Crippen LogP contribution in [0, 0.1) is 0 Å². The fraction of sp³-hybridized carbons (Fsp3) is 0.333. The molecule has 0 spiro atoms. The summed E-state index contributed by atoms with van der Waals surface area (Å²) in [6, 6.07) is 6.60. The number of carbonyl (C=O) groups excluding carboxylic acids is 2. The minimum Gasteiger partial charge on any atom is -0.494 e. The van der Waals surface area contributed by atoms with Crippen LogP contribution in [0.3, 0.4) is 0 Å². The molecule has 100 valence electrons. The van der Waals surface area contributed by atoms with E-state index in [2.05, 4.69) is 6.92 Å². The molecule has 0 saturated carbocycles. The zero-order chi connectivity index (χ0) is 13.8. The predicted molar refractivity (Wildman–Crippen MR) is 71.8 cm³/mol. The highest BCUT2D eigenvalue weighted by Gasteiger charge is 2.37. The first kappa shape index (κ1) is 13.3. The Balaban J connectivity index is 2.15. The summed E-state index contributed by atoms with van der Waals surface area (Å²) >= 11 is 0. The minimum atomic E-state index is -0.454. The van der Waals surface area contributed by atoms with Gasteiger partial charge in [-0.3, -0.25) is 9.59 Å². The van der Waals surface area contributed by atoms with Crippen molar-refractivity contribution in [2.75, 3.05) is 0 Å². The molecule has 2 amide bonds. The van der Waals surface area contributed by atoms with Crippen LogP contribution in [0.25, 0.3) is 0 Å². The Morgan fingerprint density at radius 2 is 1.74 bits per heavy atom. The van der Waals surface area contributed by atoms with Crippen LogP contribution in [0.2, 0.25) is 0 Å². The van der Waals surface area contributed by atoms with Gasteiger partial charge in [0, 0.05) is 0 Å². The average molecular weight is 259 g/mol. The maximum absolute atomic E-state index is 12.0. The first-order chi connectivity index (χ1) is 9.16. The molecule has 4 heteroatoms. The van der Waals surface area contributed by atoms with E-state index in [9.17, 15) is 14.7 Å². The molecule has 0 atom stereocenters. The molecule has 1 N–H and O–H groups in total. The molecule has 1 aliphatic rings. The number of aliphatic hydroxyl groups excluding tert-OH is 1. The lowest BCUT2D eigenvalue weighted by atomic mass is 10.1. The van der Waals surface area contributed by atoms with E-state index in [1.807, 2.05) is 0 Å². The summed E-state index contributed by atoms with van der Waals surface area (Å²) in [6.07, 6.45) is 5.28. The van der Waals surface area contributed by atoms with Crippen molar-refractivity contribution in [3.05, 3.63) is 47.4 Å². The number of allylic oxidation sites excluding steroid dienone is 1. The third kappa shape index (κ3) is 2.52. The van der Waals surface area contributed by atoms with Gasteiger partial charge in [-0.1, -0.05) is 31.9 Å². The van der Waals surface area contributed by atoms with Crippen molar-refractivity contribution in [3.63, 3.8) is 0 Å². The summed E-state index contributed by atoms with van der Waals surface area (Å²) in [4.78, 5) is 24.9. The Hall–Kier alpha value is -2.10. The molecule has 0 bridgehead atoms. The first-order valence-corrected chi connectivity index (χ1v) is 6.53. The van der Waals surface area contributed by atoms with Crippen molar-refractivity contribution in [1.82, 2.24) is 4.90 Å². The predicted octanol–water partition coefficient (Wildman–Crippen LogP) is 3.26. The van der Waals surface area contributed by atoms with Crippen LogP contribution in [0.5, 0.6) is 0 Å². The highest BCUT2D eigenvalue weighted by Crippen LogP contribution is 2.25. The number of carbonyl (C=O) groups is 2. The maximum atomic E-state index is 12.0. The third-order valence-corrected chi connectivity index (χ3v) is 3.16. The Kier molecular flexibility index (Phi) is 4.00. The largest absolute Gasteiger partial charge is 0.494 e. The molecule has 1 aromatic carbocycles. The third-order valence-electron chi connectivity index (χ3n) is 3.16. The van der Waals surface area contributed by atoms with Gasteiger partial charge in [0.05, 0.1) is 11.1 Å². The van der Waals surface area contributed by atoms with Crippen molar-refractivity contribution in [2.45, 2.75) is 32.6 Å². The quantitative estimate of drug-likeness (QED) is 0.501. The summed E-state index contributed by atoms with van der Waals surface area (Å²) in [7, 11) is 0. The highest BCUT2D eigenvalue weighted by molar-refractivity contribution is 6.22. The van der Waals surface area contributed by atoms with Crippen molar-refractivity contribution < 1.29 is 14.7 Å². The second-order valence-electron chi connectivity index (χ2n) is 4.55. The van der Waals surface area contributed by atoms with Crippen LogP contribution in [0.1, 0.15) is 53.3 Å². The number of hydrogen-bond acceptors (Lipinski definition) is 3. The van der Waals surface area contributed by atoms with Gasteiger partial charge >= 0.3 is 0 Å². The van der Waals surface area contributed by atoms with Gasteiger partial charge in [-0.05, 0) is 31.1 Å². The molecule has 19 heavy (non-hydrogen) atoms. The lowest BCUT2D eigenvalue weighted by Crippen LogP contribution is -2.28. The summed E-state index contributed by atoms with van der Waals surface area (Å²) < 4.78 is 0. The minimum absolute atomic E-state index is 0.262. The number of nitrogens with zero attached hydrogens (tertiary/aromatic N) is 1. The van der Waals surface area contributed by atoms with E-state index < -0.39 is 11.8 Å². The van der Waals surface area contributed by atoms with Gasteiger partial charge in [0.15, 0.2) is 5.88 Å². The molecule has 1 aromatic rings. The molecule has 0 unspecified atom stereocenters. The van der Waals surface area contributed by atoms with Gasteiger partial charge in [-0.2, -0.15) is 0 Å². The second-order valence-corrected chi connectivity index (χ2v) is 4.55. The summed E-state index contributed by atoms with van der Waals surface area (Å²) in [5.74, 6) is -1.17. The van der Waals surface area contributed by atoms with E-state index in [-0.39, 0.29) is 5.88 Å². The lowest BCUT2D eigenvalue weighted by molar-refractivity contribution is 0.0629. The molecule has 0 radical (unpaired) electrons. The van der Waals surface area contributed by atoms with Crippen molar-refractivity contribution in [1.29, 1.82) is 0 Å². The average Bonchev–Trinajstić information content (AvgIpc) is 2.68. The van der Waals surface area contributed by atoms with Gasteiger partial charge < -0.3 is 5.11 Å². The Morgan fingerprint density at radius 3 is 2.26 bits per heavy atom. The van der Waals surface area contributed by atoms with Gasteiger partial charge in [-0.25, -0.2) is 4.90 Å². The zero-order valence-electron chi connectivity index (χ0n) is 10.9. The van der Waals surface area contributed by atoms with E-state index in [1.165, 1.54) is 6.08 Å². The second kappa shape index (κ2) is 5.69. The SMILES string of the molecule is CCCCC/C=C(\O)N1C(=O)c2ccccc2C1=O. The van der Waals surface area contributed by atoms with Gasteiger partial charge in [-0.15, -0.1) is 0 Å². The molecule has 0 fully saturated rings. The molecule has 4 nitrogen and oxygen atoms in total. The fourth-order valence-corrected chi connectivity index (χ4v) is 2.11. The smallest absolute Gasteiger partial charge is 0.268 e. The normalized spacial score (nSPS) is 15.0.